The van der Waals surface area contributed by atoms with Crippen molar-refractivity contribution in [1.82, 2.24) is 14.5 Å². The highest BCUT2D eigenvalue weighted by atomic mass is 79.9. The zero-order valence-electron chi connectivity index (χ0n) is 14.0. The van der Waals surface area contributed by atoms with E-state index in [9.17, 15) is 13.2 Å². The van der Waals surface area contributed by atoms with Crippen LogP contribution in [-0.2, 0) is 14.8 Å². The summed E-state index contributed by atoms with van der Waals surface area (Å²) in [4.78, 5) is 14.2. The van der Waals surface area contributed by atoms with Gasteiger partial charge in [0.15, 0.2) is 0 Å². The summed E-state index contributed by atoms with van der Waals surface area (Å²) in [6.45, 7) is 6.23. The van der Waals surface area contributed by atoms with Crippen molar-refractivity contribution in [3.63, 3.8) is 0 Å². The number of piperazine rings is 1. The number of rotatable bonds is 6. The van der Waals surface area contributed by atoms with Gasteiger partial charge in [0.2, 0.25) is 15.9 Å². The number of hydrogen-bond acceptors (Lipinski definition) is 4. The van der Waals surface area contributed by atoms with Gasteiger partial charge >= 0.3 is 0 Å². The largest absolute Gasteiger partial charge is 0.353 e. The number of amides is 1. The van der Waals surface area contributed by atoms with Crippen molar-refractivity contribution in [3.05, 3.63) is 28.7 Å². The lowest BCUT2D eigenvalue weighted by Gasteiger charge is -2.33. The van der Waals surface area contributed by atoms with E-state index in [0.717, 1.165) is 10.9 Å². The van der Waals surface area contributed by atoms with Crippen LogP contribution < -0.4 is 5.32 Å². The van der Waals surface area contributed by atoms with Crippen molar-refractivity contribution in [3.8, 4) is 0 Å². The molecule has 1 saturated heterocycles. The topological polar surface area (TPSA) is 69.7 Å². The van der Waals surface area contributed by atoms with Gasteiger partial charge in [-0.25, -0.2) is 8.42 Å². The van der Waals surface area contributed by atoms with Gasteiger partial charge in [0.05, 0.1) is 11.4 Å². The SMILES string of the molecule is CC[C@H](C)NC(=O)CN1CCN(S(=O)(=O)c2ccc(Br)cc2)CC1. The molecule has 0 spiro atoms. The molecular weight excluding hydrogens is 394 g/mol. The lowest BCUT2D eigenvalue weighted by atomic mass is 10.2. The number of benzene rings is 1. The van der Waals surface area contributed by atoms with Crippen LogP contribution in [0.4, 0.5) is 0 Å². The Kier molecular flexibility index (Phi) is 6.79. The Balaban J connectivity index is 1.90. The highest BCUT2D eigenvalue weighted by Gasteiger charge is 2.29. The smallest absolute Gasteiger partial charge is 0.243 e. The van der Waals surface area contributed by atoms with E-state index in [1.807, 2.05) is 18.7 Å². The van der Waals surface area contributed by atoms with Crippen LogP contribution in [0.1, 0.15) is 20.3 Å². The fraction of sp³-hybridized carbons (Fsp3) is 0.562. The minimum Gasteiger partial charge on any atom is -0.353 e. The standard InChI is InChI=1S/C16H24BrN3O3S/c1-3-13(2)18-16(21)12-19-8-10-20(11-9-19)24(22,23)15-6-4-14(17)5-7-15/h4-7,13H,3,8-12H2,1-2H3,(H,18,21)/t13-/m0/s1. The van der Waals surface area contributed by atoms with E-state index < -0.39 is 10.0 Å². The second kappa shape index (κ2) is 8.42. The van der Waals surface area contributed by atoms with Crippen molar-refractivity contribution in [2.75, 3.05) is 32.7 Å². The van der Waals surface area contributed by atoms with E-state index in [1.54, 1.807) is 24.3 Å². The first-order chi connectivity index (χ1) is 11.3. The Morgan fingerprint density at radius 2 is 1.79 bits per heavy atom. The highest BCUT2D eigenvalue weighted by Crippen LogP contribution is 2.20. The summed E-state index contributed by atoms with van der Waals surface area (Å²) in [6, 6.07) is 6.82. The summed E-state index contributed by atoms with van der Waals surface area (Å²) < 4.78 is 27.6. The minimum absolute atomic E-state index is 0.00596. The molecule has 24 heavy (non-hydrogen) atoms. The summed E-state index contributed by atoms with van der Waals surface area (Å²) in [7, 11) is -3.47. The fourth-order valence-corrected chi connectivity index (χ4v) is 4.20. The molecule has 1 heterocycles. The zero-order chi connectivity index (χ0) is 17.7. The van der Waals surface area contributed by atoms with Crippen molar-refractivity contribution in [2.45, 2.75) is 31.2 Å². The van der Waals surface area contributed by atoms with Crippen LogP contribution in [-0.4, -0.2) is 62.3 Å². The molecule has 0 saturated carbocycles. The van der Waals surface area contributed by atoms with Crippen molar-refractivity contribution < 1.29 is 13.2 Å². The van der Waals surface area contributed by atoms with Crippen LogP contribution in [0, 0.1) is 0 Å². The van der Waals surface area contributed by atoms with Gasteiger partial charge in [0.1, 0.15) is 0 Å². The van der Waals surface area contributed by atoms with Gasteiger partial charge in [-0.1, -0.05) is 22.9 Å². The summed E-state index contributed by atoms with van der Waals surface area (Å²) in [5.41, 5.74) is 0. The molecule has 0 unspecified atom stereocenters. The number of carbonyl (C=O) groups excluding carboxylic acids is 1. The van der Waals surface area contributed by atoms with Gasteiger partial charge in [-0.2, -0.15) is 4.31 Å². The molecule has 6 nitrogen and oxygen atoms in total. The van der Waals surface area contributed by atoms with Crippen LogP contribution in [0.2, 0.25) is 0 Å². The van der Waals surface area contributed by atoms with Crippen molar-refractivity contribution >= 4 is 31.9 Å². The number of halogens is 1. The number of nitrogens with zero attached hydrogens (tertiary/aromatic N) is 2. The first-order valence-corrected chi connectivity index (χ1v) is 10.3. The summed E-state index contributed by atoms with van der Waals surface area (Å²) >= 11 is 3.31. The predicted molar refractivity (Wildman–Crippen MR) is 97.2 cm³/mol. The molecule has 1 amide bonds. The maximum atomic E-state index is 12.6. The Morgan fingerprint density at radius 1 is 1.21 bits per heavy atom. The molecule has 1 aromatic rings. The maximum absolute atomic E-state index is 12.6. The Morgan fingerprint density at radius 3 is 2.33 bits per heavy atom. The first-order valence-electron chi connectivity index (χ1n) is 8.10. The molecule has 0 aliphatic carbocycles. The van der Waals surface area contributed by atoms with Crippen LogP contribution in [0.25, 0.3) is 0 Å². The number of carbonyl (C=O) groups is 1. The van der Waals surface area contributed by atoms with E-state index in [2.05, 4.69) is 21.2 Å². The molecule has 8 heteroatoms. The van der Waals surface area contributed by atoms with E-state index in [1.165, 1.54) is 4.31 Å². The van der Waals surface area contributed by atoms with E-state index >= 15 is 0 Å². The molecule has 1 aliphatic heterocycles. The maximum Gasteiger partial charge on any atom is 0.243 e. The third kappa shape index (κ3) is 5.02. The van der Waals surface area contributed by atoms with Gasteiger partial charge in [0, 0.05) is 36.7 Å². The summed E-state index contributed by atoms with van der Waals surface area (Å²) in [5, 5.41) is 2.93. The highest BCUT2D eigenvalue weighted by molar-refractivity contribution is 9.10. The average Bonchev–Trinajstić information content (AvgIpc) is 2.55. The third-order valence-corrected chi connectivity index (χ3v) is 6.61. The lowest BCUT2D eigenvalue weighted by molar-refractivity contribution is -0.123. The Bertz CT molecular complexity index is 656. The van der Waals surface area contributed by atoms with Crippen molar-refractivity contribution in [2.24, 2.45) is 0 Å². The second-order valence-electron chi connectivity index (χ2n) is 6.01. The normalized spacial score (nSPS) is 18.3. The van der Waals surface area contributed by atoms with E-state index in [0.29, 0.717) is 37.6 Å². The number of hydrogen-bond donors (Lipinski definition) is 1. The predicted octanol–water partition coefficient (Wildman–Crippen LogP) is 1.67. The summed E-state index contributed by atoms with van der Waals surface area (Å²) in [6.07, 6.45) is 0.894. The third-order valence-electron chi connectivity index (χ3n) is 4.17. The monoisotopic (exact) mass is 417 g/mol. The fourth-order valence-electron chi connectivity index (χ4n) is 2.51. The van der Waals surface area contributed by atoms with Crippen LogP contribution in [0.3, 0.4) is 0 Å². The molecule has 0 radical (unpaired) electrons. The van der Waals surface area contributed by atoms with Gasteiger partial charge in [-0.3, -0.25) is 9.69 Å². The molecule has 1 fully saturated rings. The Labute approximate surface area is 152 Å². The Hall–Kier alpha value is -0.960. The second-order valence-corrected chi connectivity index (χ2v) is 8.86. The molecule has 1 aromatic carbocycles. The molecule has 0 bridgehead atoms. The molecule has 0 aromatic heterocycles. The minimum atomic E-state index is -3.47. The molecule has 134 valence electrons. The molecule has 1 N–H and O–H groups in total. The van der Waals surface area contributed by atoms with E-state index in [4.69, 9.17) is 0 Å². The van der Waals surface area contributed by atoms with E-state index in [-0.39, 0.29) is 11.9 Å². The van der Waals surface area contributed by atoms with Crippen LogP contribution in [0.5, 0.6) is 0 Å². The van der Waals surface area contributed by atoms with Crippen LogP contribution in [0.15, 0.2) is 33.6 Å². The first kappa shape index (κ1) is 19.4. The summed E-state index contributed by atoms with van der Waals surface area (Å²) in [5.74, 6) is -0.00596. The number of nitrogens with one attached hydrogen (secondary N) is 1. The van der Waals surface area contributed by atoms with Gasteiger partial charge < -0.3 is 5.32 Å². The zero-order valence-corrected chi connectivity index (χ0v) is 16.4. The van der Waals surface area contributed by atoms with Crippen molar-refractivity contribution in [1.29, 1.82) is 0 Å². The number of sulfonamides is 1. The van der Waals surface area contributed by atoms with Crippen LogP contribution >= 0.6 is 15.9 Å². The lowest BCUT2D eigenvalue weighted by Crippen LogP contribution is -2.51. The van der Waals surface area contributed by atoms with Gasteiger partial charge in [-0.15, -0.1) is 0 Å². The van der Waals surface area contributed by atoms with Gasteiger partial charge in [0.25, 0.3) is 0 Å². The molecular formula is C16H24BrN3O3S. The molecule has 2 rings (SSSR count). The van der Waals surface area contributed by atoms with Gasteiger partial charge in [-0.05, 0) is 37.6 Å². The molecule has 1 aliphatic rings. The quantitative estimate of drug-likeness (QED) is 0.763. The molecule has 1 atom stereocenters. The average molecular weight is 418 g/mol.